The molecule has 0 amide bonds. The van der Waals surface area contributed by atoms with Crippen LogP contribution in [0.4, 0.5) is 4.79 Å². The molecule has 16 heavy (non-hydrogen) atoms. The highest BCUT2D eigenvalue weighted by atomic mass is 28.4. The van der Waals surface area contributed by atoms with Crippen molar-refractivity contribution in [1.29, 1.82) is 0 Å². The first-order valence-corrected chi connectivity index (χ1v) is 8.55. The molecule has 5 heteroatoms. The van der Waals surface area contributed by atoms with E-state index in [0.29, 0.717) is 13.2 Å². The predicted octanol–water partition coefficient (Wildman–Crippen LogP) is 3.18. The Balaban J connectivity index is 3.78. The summed E-state index contributed by atoms with van der Waals surface area (Å²) < 4.78 is 15.3. The fraction of sp³-hybridized carbons (Fsp3) is 0.909. The van der Waals surface area contributed by atoms with Gasteiger partial charge in [-0.1, -0.05) is 20.8 Å². The van der Waals surface area contributed by atoms with Crippen LogP contribution in [0.15, 0.2) is 0 Å². The minimum Gasteiger partial charge on any atom is -0.435 e. The van der Waals surface area contributed by atoms with Crippen LogP contribution in [0.25, 0.3) is 0 Å². The van der Waals surface area contributed by atoms with Gasteiger partial charge in [-0.15, -0.1) is 0 Å². The van der Waals surface area contributed by atoms with E-state index in [-0.39, 0.29) is 11.6 Å². The zero-order valence-electron chi connectivity index (χ0n) is 11.3. The Morgan fingerprint density at radius 2 is 1.69 bits per heavy atom. The molecule has 0 aliphatic rings. The third-order valence-electron chi connectivity index (χ3n) is 2.83. The minimum atomic E-state index is -1.73. The largest absolute Gasteiger partial charge is 0.508 e. The summed E-state index contributed by atoms with van der Waals surface area (Å²) in [7, 11) is -1.73. The van der Waals surface area contributed by atoms with Gasteiger partial charge in [-0.3, -0.25) is 0 Å². The first kappa shape index (κ1) is 15.4. The highest BCUT2D eigenvalue weighted by Crippen LogP contribution is 2.36. The highest BCUT2D eigenvalue weighted by Gasteiger charge is 2.36. The third kappa shape index (κ3) is 5.51. The fourth-order valence-corrected chi connectivity index (χ4v) is 1.82. The summed E-state index contributed by atoms with van der Waals surface area (Å²) in [6.45, 7) is 13.6. The van der Waals surface area contributed by atoms with E-state index in [1.165, 1.54) is 0 Å². The van der Waals surface area contributed by atoms with Crippen LogP contribution in [0, 0.1) is 0 Å². The van der Waals surface area contributed by atoms with E-state index in [9.17, 15) is 4.79 Å². The zero-order chi connectivity index (χ0) is 12.8. The standard InChI is InChI=1S/C11H24O4Si/c1-7-13-10(12)14-8-9-15-16(5,6)11(2,3)4/h7-9H2,1-6H3. The maximum absolute atomic E-state index is 10.9. The van der Waals surface area contributed by atoms with Crippen molar-refractivity contribution < 1.29 is 18.7 Å². The molecule has 0 aromatic rings. The molecular weight excluding hydrogens is 224 g/mol. The number of hydrogen-bond acceptors (Lipinski definition) is 4. The Bertz CT molecular complexity index is 221. The average molecular weight is 248 g/mol. The third-order valence-corrected chi connectivity index (χ3v) is 7.37. The van der Waals surface area contributed by atoms with Crippen LogP contribution in [0.3, 0.4) is 0 Å². The molecule has 0 saturated carbocycles. The van der Waals surface area contributed by atoms with Gasteiger partial charge in [-0.25, -0.2) is 4.79 Å². The number of hydrogen-bond donors (Lipinski definition) is 0. The number of ether oxygens (including phenoxy) is 2. The molecule has 0 saturated heterocycles. The lowest BCUT2D eigenvalue weighted by atomic mass is 10.2. The summed E-state index contributed by atoms with van der Waals surface area (Å²) in [5, 5.41) is 0.178. The summed E-state index contributed by atoms with van der Waals surface area (Å²) >= 11 is 0. The van der Waals surface area contributed by atoms with Gasteiger partial charge in [-0.05, 0) is 25.1 Å². The summed E-state index contributed by atoms with van der Waals surface area (Å²) in [6, 6.07) is 0. The fourth-order valence-electron chi connectivity index (χ4n) is 0.798. The van der Waals surface area contributed by atoms with Gasteiger partial charge in [0.2, 0.25) is 0 Å². The van der Waals surface area contributed by atoms with Crippen molar-refractivity contribution >= 4 is 14.5 Å². The Morgan fingerprint density at radius 3 is 2.12 bits per heavy atom. The molecule has 0 bridgehead atoms. The first-order valence-electron chi connectivity index (χ1n) is 5.64. The molecule has 4 nitrogen and oxygen atoms in total. The van der Waals surface area contributed by atoms with Gasteiger partial charge in [0.05, 0.1) is 13.2 Å². The molecule has 0 radical (unpaired) electrons. The van der Waals surface area contributed by atoms with Crippen molar-refractivity contribution in [3.05, 3.63) is 0 Å². The summed E-state index contributed by atoms with van der Waals surface area (Å²) in [5.41, 5.74) is 0. The summed E-state index contributed by atoms with van der Waals surface area (Å²) in [4.78, 5) is 10.9. The van der Waals surface area contributed by atoms with Gasteiger partial charge in [0.15, 0.2) is 8.32 Å². The maximum atomic E-state index is 10.9. The van der Waals surface area contributed by atoms with E-state index in [0.717, 1.165) is 0 Å². The van der Waals surface area contributed by atoms with Crippen molar-refractivity contribution in [2.24, 2.45) is 0 Å². The maximum Gasteiger partial charge on any atom is 0.508 e. The average Bonchev–Trinajstić information content (AvgIpc) is 2.11. The lowest BCUT2D eigenvalue weighted by molar-refractivity contribution is 0.0480. The lowest BCUT2D eigenvalue weighted by Gasteiger charge is -2.35. The summed E-state index contributed by atoms with van der Waals surface area (Å²) in [6.07, 6.45) is -0.624. The second-order valence-electron chi connectivity index (χ2n) is 5.14. The van der Waals surface area contributed by atoms with Crippen molar-refractivity contribution in [3.8, 4) is 0 Å². The van der Waals surface area contributed by atoms with Gasteiger partial charge < -0.3 is 13.9 Å². The molecule has 96 valence electrons. The van der Waals surface area contributed by atoms with Crippen molar-refractivity contribution in [2.45, 2.75) is 45.8 Å². The van der Waals surface area contributed by atoms with Crippen molar-refractivity contribution in [1.82, 2.24) is 0 Å². The minimum absolute atomic E-state index is 0.178. The monoisotopic (exact) mass is 248 g/mol. The van der Waals surface area contributed by atoms with E-state index in [2.05, 4.69) is 38.6 Å². The molecule has 0 aromatic heterocycles. The lowest BCUT2D eigenvalue weighted by Crippen LogP contribution is -2.41. The van der Waals surface area contributed by atoms with E-state index in [1.54, 1.807) is 6.92 Å². The Labute approximate surface area is 99.4 Å². The van der Waals surface area contributed by atoms with Gasteiger partial charge in [0.25, 0.3) is 0 Å². The van der Waals surface area contributed by atoms with E-state index in [4.69, 9.17) is 9.16 Å². The molecular formula is C11H24O4Si. The zero-order valence-corrected chi connectivity index (χ0v) is 12.3. The molecule has 0 unspecified atom stereocenters. The van der Waals surface area contributed by atoms with E-state index < -0.39 is 14.5 Å². The molecule has 0 aromatic carbocycles. The van der Waals surface area contributed by atoms with Crippen LogP contribution in [0.5, 0.6) is 0 Å². The Hall–Kier alpha value is -0.553. The van der Waals surface area contributed by atoms with Crippen LogP contribution in [-0.2, 0) is 13.9 Å². The Kier molecular flexibility index (Phi) is 6.03. The van der Waals surface area contributed by atoms with Crippen LogP contribution in [-0.4, -0.2) is 34.3 Å². The molecule has 0 aliphatic carbocycles. The molecule has 0 atom stereocenters. The van der Waals surface area contributed by atoms with Gasteiger partial charge in [0.1, 0.15) is 6.61 Å². The molecule has 0 aliphatic heterocycles. The van der Waals surface area contributed by atoms with Crippen LogP contribution >= 0.6 is 0 Å². The first-order chi connectivity index (χ1) is 7.20. The van der Waals surface area contributed by atoms with Crippen LogP contribution in [0.1, 0.15) is 27.7 Å². The number of rotatable bonds is 5. The Morgan fingerprint density at radius 1 is 1.12 bits per heavy atom. The SMILES string of the molecule is CCOC(=O)OCCO[Si](C)(C)C(C)(C)C. The highest BCUT2D eigenvalue weighted by molar-refractivity contribution is 6.74. The van der Waals surface area contributed by atoms with Gasteiger partial charge in [-0.2, -0.15) is 0 Å². The molecule has 0 rings (SSSR count). The second-order valence-corrected chi connectivity index (χ2v) is 9.95. The molecule has 0 fully saturated rings. The predicted molar refractivity (Wildman–Crippen MR) is 66.1 cm³/mol. The molecule has 0 spiro atoms. The number of carbonyl (C=O) groups excluding carboxylic acids is 1. The molecule has 0 heterocycles. The van der Waals surface area contributed by atoms with Gasteiger partial charge >= 0.3 is 6.16 Å². The summed E-state index contributed by atoms with van der Waals surface area (Å²) in [5.74, 6) is 0. The number of carbonyl (C=O) groups is 1. The topological polar surface area (TPSA) is 44.8 Å². The van der Waals surface area contributed by atoms with Crippen molar-refractivity contribution in [3.63, 3.8) is 0 Å². The van der Waals surface area contributed by atoms with E-state index >= 15 is 0 Å². The molecule has 0 N–H and O–H groups in total. The van der Waals surface area contributed by atoms with Gasteiger partial charge in [0, 0.05) is 0 Å². The normalized spacial score (nSPS) is 12.4. The quantitative estimate of drug-likeness (QED) is 0.426. The van der Waals surface area contributed by atoms with Crippen LogP contribution < -0.4 is 0 Å². The smallest absolute Gasteiger partial charge is 0.435 e. The van der Waals surface area contributed by atoms with Crippen LogP contribution in [0.2, 0.25) is 18.1 Å². The second kappa shape index (κ2) is 6.25. The van der Waals surface area contributed by atoms with E-state index in [1.807, 2.05) is 0 Å². The van der Waals surface area contributed by atoms with Crippen molar-refractivity contribution in [2.75, 3.05) is 19.8 Å².